The van der Waals surface area contributed by atoms with E-state index in [0.717, 1.165) is 11.3 Å². The second kappa shape index (κ2) is 7.27. The molecule has 2 aromatic rings. The van der Waals surface area contributed by atoms with Crippen molar-refractivity contribution in [3.8, 4) is 5.75 Å². The van der Waals surface area contributed by atoms with Crippen molar-refractivity contribution in [2.24, 2.45) is 0 Å². The Morgan fingerprint density at radius 3 is 2.29 bits per heavy atom. The molecular formula is C17H19N3O3S. The highest BCUT2D eigenvalue weighted by molar-refractivity contribution is 7.80. The zero-order valence-electron chi connectivity index (χ0n) is 14.0. The number of benzene rings is 2. The van der Waals surface area contributed by atoms with Crippen LogP contribution in [0.1, 0.15) is 16.7 Å². The van der Waals surface area contributed by atoms with E-state index in [2.05, 4.69) is 16.7 Å². The number of nitrogens with zero attached hydrogens (tertiary/aromatic N) is 1. The van der Waals surface area contributed by atoms with Crippen LogP contribution >= 0.6 is 12.2 Å². The van der Waals surface area contributed by atoms with Gasteiger partial charge < -0.3 is 15.4 Å². The van der Waals surface area contributed by atoms with E-state index in [0.29, 0.717) is 16.4 Å². The average molecular weight is 345 g/mol. The minimum atomic E-state index is -0.470. The number of aryl methyl sites for hydroxylation is 3. The molecule has 0 amide bonds. The maximum Gasteiger partial charge on any atom is 0.311 e. The zero-order valence-corrected chi connectivity index (χ0v) is 14.8. The van der Waals surface area contributed by atoms with Crippen molar-refractivity contribution < 1.29 is 9.66 Å². The molecule has 0 fully saturated rings. The Labute approximate surface area is 146 Å². The largest absolute Gasteiger partial charge is 0.490 e. The van der Waals surface area contributed by atoms with Gasteiger partial charge in [0.1, 0.15) is 0 Å². The van der Waals surface area contributed by atoms with Crippen LogP contribution in [0, 0.1) is 30.9 Å². The van der Waals surface area contributed by atoms with Crippen LogP contribution < -0.4 is 15.4 Å². The van der Waals surface area contributed by atoms with Gasteiger partial charge in [-0.2, -0.15) is 0 Å². The molecule has 0 radical (unpaired) electrons. The van der Waals surface area contributed by atoms with E-state index in [1.165, 1.54) is 18.7 Å². The molecule has 0 aliphatic heterocycles. The Kier molecular flexibility index (Phi) is 5.35. The molecule has 126 valence electrons. The van der Waals surface area contributed by atoms with Gasteiger partial charge in [0.25, 0.3) is 0 Å². The molecule has 0 aliphatic carbocycles. The van der Waals surface area contributed by atoms with E-state index in [1.54, 1.807) is 13.0 Å². The monoisotopic (exact) mass is 345 g/mol. The Morgan fingerprint density at radius 2 is 1.71 bits per heavy atom. The van der Waals surface area contributed by atoms with Crippen LogP contribution in [-0.2, 0) is 0 Å². The molecule has 0 saturated heterocycles. The lowest BCUT2D eigenvalue weighted by atomic mass is 10.1. The Balaban J connectivity index is 2.21. The van der Waals surface area contributed by atoms with Crippen LogP contribution in [0.4, 0.5) is 17.1 Å². The van der Waals surface area contributed by atoms with Crippen molar-refractivity contribution in [1.29, 1.82) is 0 Å². The van der Waals surface area contributed by atoms with Gasteiger partial charge >= 0.3 is 5.69 Å². The van der Waals surface area contributed by atoms with Gasteiger partial charge in [-0.05, 0) is 50.2 Å². The summed E-state index contributed by atoms with van der Waals surface area (Å²) in [6.45, 7) is 5.80. The SMILES string of the molecule is COc1cc(NC(=S)Nc2ccc(C)cc2C)c(C)cc1[N+](=O)[O-]. The number of hydrogen-bond donors (Lipinski definition) is 2. The Morgan fingerprint density at radius 1 is 1.08 bits per heavy atom. The summed E-state index contributed by atoms with van der Waals surface area (Å²) in [5, 5.41) is 17.6. The standard InChI is InChI=1S/C17H19N3O3S/c1-10-5-6-13(11(2)7-10)18-17(24)19-14-9-16(23-4)15(20(21)22)8-12(14)3/h5-9H,1-4H3,(H2,18,19,24). The first-order valence-electron chi connectivity index (χ1n) is 7.30. The third-order valence-corrected chi connectivity index (χ3v) is 3.80. The van der Waals surface area contributed by atoms with Gasteiger partial charge in [-0.1, -0.05) is 17.7 Å². The molecular weight excluding hydrogens is 326 g/mol. The molecule has 0 aliphatic rings. The summed E-state index contributed by atoms with van der Waals surface area (Å²) in [6.07, 6.45) is 0. The third-order valence-electron chi connectivity index (χ3n) is 3.60. The highest BCUT2D eigenvalue weighted by atomic mass is 32.1. The topological polar surface area (TPSA) is 76.4 Å². The maximum atomic E-state index is 11.0. The first-order chi connectivity index (χ1) is 11.3. The number of hydrogen-bond acceptors (Lipinski definition) is 4. The highest BCUT2D eigenvalue weighted by Crippen LogP contribution is 2.32. The van der Waals surface area contributed by atoms with E-state index in [1.807, 2.05) is 26.0 Å². The summed E-state index contributed by atoms with van der Waals surface area (Å²) in [6, 6.07) is 9.05. The summed E-state index contributed by atoms with van der Waals surface area (Å²) >= 11 is 5.34. The fourth-order valence-corrected chi connectivity index (χ4v) is 2.56. The van der Waals surface area contributed by atoms with Gasteiger partial charge in [-0.3, -0.25) is 10.1 Å². The second-order valence-corrected chi connectivity index (χ2v) is 5.90. The van der Waals surface area contributed by atoms with Gasteiger partial charge in [0.05, 0.1) is 12.0 Å². The fraction of sp³-hybridized carbons (Fsp3) is 0.235. The van der Waals surface area contributed by atoms with Gasteiger partial charge in [-0.25, -0.2) is 0 Å². The molecule has 0 unspecified atom stereocenters. The molecule has 0 aromatic heterocycles. The van der Waals surface area contributed by atoms with Crippen LogP contribution in [-0.4, -0.2) is 17.1 Å². The smallest absolute Gasteiger partial charge is 0.311 e. The van der Waals surface area contributed by atoms with E-state index < -0.39 is 4.92 Å². The molecule has 0 bridgehead atoms. The van der Waals surface area contributed by atoms with Crippen LogP contribution in [0.15, 0.2) is 30.3 Å². The minimum Gasteiger partial charge on any atom is -0.490 e. The predicted molar refractivity (Wildman–Crippen MR) is 100 cm³/mol. The number of nitro benzene ring substituents is 1. The fourth-order valence-electron chi connectivity index (χ4n) is 2.34. The van der Waals surface area contributed by atoms with Crippen molar-refractivity contribution in [2.45, 2.75) is 20.8 Å². The molecule has 2 aromatic carbocycles. The number of nitro groups is 1. The first-order valence-corrected chi connectivity index (χ1v) is 7.71. The lowest BCUT2D eigenvalue weighted by molar-refractivity contribution is -0.385. The quantitative estimate of drug-likeness (QED) is 0.488. The minimum absolute atomic E-state index is 0.0752. The molecule has 24 heavy (non-hydrogen) atoms. The third kappa shape index (κ3) is 3.99. The van der Waals surface area contributed by atoms with Gasteiger partial charge in [0, 0.05) is 23.5 Å². The summed E-state index contributed by atoms with van der Waals surface area (Å²) in [5.74, 6) is 0.183. The average Bonchev–Trinajstić information content (AvgIpc) is 2.51. The number of rotatable bonds is 4. The molecule has 2 N–H and O–H groups in total. The molecule has 0 spiro atoms. The predicted octanol–water partition coefficient (Wildman–Crippen LogP) is 4.34. The lowest BCUT2D eigenvalue weighted by Crippen LogP contribution is -2.20. The second-order valence-electron chi connectivity index (χ2n) is 5.49. The van der Waals surface area contributed by atoms with Crippen molar-refractivity contribution in [3.63, 3.8) is 0 Å². The first kappa shape index (κ1) is 17.7. The van der Waals surface area contributed by atoms with Crippen LogP contribution in [0.2, 0.25) is 0 Å². The van der Waals surface area contributed by atoms with Crippen molar-refractivity contribution >= 4 is 34.4 Å². The molecule has 7 heteroatoms. The summed E-state index contributed by atoms with van der Waals surface area (Å²) in [7, 11) is 1.40. The molecule has 6 nitrogen and oxygen atoms in total. The van der Waals surface area contributed by atoms with Gasteiger partial charge in [0.2, 0.25) is 0 Å². The number of nitrogens with one attached hydrogen (secondary N) is 2. The number of ether oxygens (including phenoxy) is 1. The summed E-state index contributed by atoms with van der Waals surface area (Å²) in [4.78, 5) is 10.6. The van der Waals surface area contributed by atoms with E-state index in [-0.39, 0.29) is 11.4 Å². The van der Waals surface area contributed by atoms with Crippen molar-refractivity contribution in [2.75, 3.05) is 17.7 Å². The highest BCUT2D eigenvalue weighted by Gasteiger charge is 2.17. The molecule has 2 rings (SSSR count). The zero-order chi connectivity index (χ0) is 17.9. The van der Waals surface area contributed by atoms with Crippen LogP contribution in [0.25, 0.3) is 0 Å². The van der Waals surface area contributed by atoms with E-state index in [4.69, 9.17) is 17.0 Å². The lowest BCUT2D eigenvalue weighted by Gasteiger charge is -2.15. The normalized spacial score (nSPS) is 10.2. The van der Waals surface area contributed by atoms with E-state index in [9.17, 15) is 10.1 Å². The van der Waals surface area contributed by atoms with Gasteiger partial charge in [0.15, 0.2) is 10.9 Å². The van der Waals surface area contributed by atoms with Crippen LogP contribution in [0.3, 0.4) is 0 Å². The Bertz CT molecular complexity index is 806. The van der Waals surface area contributed by atoms with E-state index >= 15 is 0 Å². The maximum absolute atomic E-state index is 11.0. The number of thiocarbonyl (C=S) groups is 1. The van der Waals surface area contributed by atoms with Crippen LogP contribution in [0.5, 0.6) is 5.75 Å². The number of anilines is 2. The molecule has 0 atom stereocenters. The van der Waals surface area contributed by atoms with Gasteiger partial charge in [-0.15, -0.1) is 0 Å². The number of methoxy groups -OCH3 is 1. The molecule has 0 heterocycles. The summed E-state index contributed by atoms with van der Waals surface area (Å²) in [5.41, 5.74) is 4.44. The van der Waals surface area contributed by atoms with Crippen molar-refractivity contribution in [3.05, 3.63) is 57.1 Å². The van der Waals surface area contributed by atoms with Crippen molar-refractivity contribution in [1.82, 2.24) is 0 Å². The summed E-state index contributed by atoms with van der Waals surface area (Å²) < 4.78 is 5.09. The molecule has 0 saturated carbocycles. The Hall–Kier alpha value is -2.67.